The Balaban J connectivity index is 3.12. The standard InChI is InChI=1S/C10H14BrNO3S/c1-7-3-4-9(11)5-10(7)16(14,15)12-8(2)6-13/h3-5,8,12-13H,6H2,1-2H3/t8-/m0/s1. The van der Waals surface area contributed by atoms with Crippen LogP contribution in [-0.2, 0) is 10.0 Å². The van der Waals surface area contributed by atoms with E-state index in [2.05, 4.69) is 20.7 Å². The average Bonchev–Trinajstić information content (AvgIpc) is 2.20. The van der Waals surface area contributed by atoms with Crippen LogP contribution in [0.15, 0.2) is 27.6 Å². The summed E-state index contributed by atoms with van der Waals surface area (Å²) in [6.45, 7) is 3.10. The molecule has 2 N–H and O–H groups in total. The lowest BCUT2D eigenvalue weighted by atomic mass is 10.2. The first-order valence-corrected chi connectivity index (χ1v) is 7.04. The van der Waals surface area contributed by atoms with Gasteiger partial charge in [-0.25, -0.2) is 13.1 Å². The zero-order valence-corrected chi connectivity index (χ0v) is 11.5. The Hall–Kier alpha value is -0.430. The quantitative estimate of drug-likeness (QED) is 0.884. The second-order valence-corrected chi connectivity index (χ2v) is 6.21. The van der Waals surface area contributed by atoms with E-state index in [-0.39, 0.29) is 11.5 Å². The summed E-state index contributed by atoms with van der Waals surface area (Å²) in [5.74, 6) is 0. The number of hydrogen-bond donors (Lipinski definition) is 2. The Bertz CT molecular complexity index is 473. The molecule has 0 unspecified atom stereocenters. The van der Waals surface area contributed by atoms with Crippen molar-refractivity contribution in [1.29, 1.82) is 0 Å². The first-order chi connectivity index (χ1) is 7.36. The molecule has 6 heteroatoms. The van der Waals surface area contributed by atoms with Gasteiger partial charge >= 0.3 is 0 Å². The minimum absolute atomic E-state index is 0.224. The first-order valence-electron chi connectivity index (χ1n) is 4.76. The van der Waals surface area contributed by atoms with Crippen LogP contribution in [0.5, 0.6) is 0 Å². The van der Waals surface area contributed by atoms with Gasteiger partial charge in [-0.15, -0.1) is 0 Å². The summed E-state index contributed by atoms with van der Waals surface area (Å²) in [4.78, 5) is 0.224. The van der Waals surface area contributed by atoms with E-state index >= 15 is 0 Å². The summed E-state index contributed by atoms with van der Waals surface area (Å²) in [6, 6.07) is 4.55. The monoisotopic (exact) mass is 307 g/mol. The third-order valence-electron chi connectivity index (χ3n) is 2.07. The number of hydrogen-bond acceptors (Lipinski definition) is 3. The van der Waals surface area contributed by atoms with E-state index in [1.165, 1.54) is 0 Å². The second-order valence-electron chi connectivity index (χ2n) is 3.61. The molecule has 0 aliphatic carbocycles. The molecule has 0 aromatic heterocycles. The molecule has 1 atom stereocenters. The van der Waals surface area contributed by atoms with Crippen LogP contribution < -0.4 is 4.72 Å². The molecule has 90 valence electrons. The van der Waals surface area contributed by atoms with Gasteiger partial charge in [0.1, 0.15) is 0 Å². The van der Waals surface area contributed by atoms with Crippen molar-refractivity contribution >= 4 is 26.0 Å². The molecule has 0 saturated carbocycles. The van der Waals surface area contributed by atoms with Crippen molar-refractivity contribution in [2.75, 3.05) is 6.61 Å². The molecule has 0 aliphatic rings. The maximum absolute atomic E-state index is 11.9. The number of halogens is 1. The minimum Gasteiger partial charge on any atom is -0.395 e. The maximum Gasteiger partial charge on any atom is 0.241 e. The topological polar surface area (TPSA) is 66.4 Å². The van der Waals surface area contributed by atoms with E-state index in [0.29, 0.717) is 10.0 Å². The number of aliphatic hydroxyl groups is 1. The van der Waals surface area contributed by atoms with Gasteiger partial charge in [0.25, 0.3) is 0 Å². The van der Waals surface area contributed by atoms with Crippen molar-refractivity contribution in [3.05, 3.63) is 28.2 Å². The molecule has 1 aromatic carbocycles. The summed E-state index contributed by atoms with van der Waals surface area (Å²) in [7, 11) is -3.56. The summed E-state index contributed by atoms with van der Waals surface area (Å²) < 4.78 is 27.0. The predicted octanol–water partition coefficient (Wildman–Crippen LogP) is 1.42. The molecule has 1 aromatic rings. The molecule has 4 nitrogen and oxygen atoms in total. The molecule has 0 bridgehead atoms. The molecule has 0 amide bonds. The fourth-order valence-corrected chi connectivity index (χ4v) is 3.25. The summed E-state index contributed by atoms with van der Waals surface area (Å²) in [5, 5.41) is 8.83. The molecular formula is C10H14BrNO3S. The van der Waals surface area contributed by atoms with Gasteiger partial charge in [0.05, 0.1) is 11.5 Å². The van der Waals surface area contributed by atoms with Crippen molar-refractivity contribution in [2.24, 2.45) is 0 Å². The van der Waals surface area contributed by atoms with Crippen LogP contribution in [0.3, 0.4) is 0 Å². The number of aryl methyl sites for hydroxylation is 1. The molecule has 0 fully saturated rings. The summed E-state index contributed by atoms with van der Waals surface area (Å²) >= 11 is 3.23. The number of nitrogens with one attached hydrogen (secondary N) is 1. The van der Waals surface area contributed by atoms with Crippen LogP contribution in [0.2, 0.25) is 0 Å². The van der Waals surface area contributed by atoms with E-state index in [1.807, 2.05) is 0 Å². The smallest absolute Gasteiger partial charge is 0.241 e. The molecule has 16 heavy (non-hydrogen) atoms. The molecule has 0 saturated heterocycles. The van der Waals surface area contributed by atoms with E-state index in [0.717, 1.165) is 0 Å². The Labute approximate surface area is 104 Å². The van der Waals surface area contributed by atoms with Gasteiger partial charge in [-0.05, 0) is 31.5 Å². The largest absolute Gasteiger partial charge is 0.395 e. The third-order valence-corrected chi connectivity index (χ3v) is 4.29. The van der Waals surface area contributed by atoms with Crippen LogP contribution in [0, 0.1) is 6.92 Å². The SMILES string of the molecule is Cc1ccc(Br)cc1S(=O)(=O)N[C@@H](C)CO. The summed E-state index contributed by atoms with van der Waals surface area (Å²) in [5.41, 5.74) is 0.667. The normalized spacial score (nSPS) is 13.8. The van der Waals surface area contributed by atoms with Crippen molar-refractivity contribution in [1.82, 2.24) is 4.72 Å². The van der Waals surface area contributed by atoms with Crippen LogP contribution in [-0.4, -0.2) is 26.2 Å². The van der Waals surface area contributed by atoms with Crippen LogP contribution in [0.4, 0.5) is 0 Å². The van der Waals surface area contributed by atoms with Crippen molar-refractivity contribution in [3.8, 4) is 0 Å². The molecule has 0 heterocycles. The molecular weight excluding hydrogens is 294 g/mol. The number of aliphatic hydroxyl groups excluding tert-OH is 1. The molecule has 0 spiro atoms. The van der Waals surface area contributed by atoms with Crippen LogP contribution in [0.1, 0.15) is 12.5 Å². The van der Waals surface area contributed by atoms with E-state index < -0.39 is 16.1 Å². The van der Waals surface area contributed by atoms with Gasteiger partial charge in [-0.3, -0.25) is 0 Å². The van der Waals surface area contributed by atoms with Gasteiger partial charge < -0.3 is 5.11 Å². The Morgan fingerprint density at radius 2 is 2.12 bits per heavy atom. The summed E-state index contributed by atoms with van der Waals surface area (Å²) in [6.07, 6.45) is 0. The zero-order valence-electron chi connectivity index (χ0n) is 9.07. The van der Waals surface area contributed by atoms with Gasteiger partial charge in [-0.2, -0.15) is 0 Å². The first kappa shape index (κ1) is 13.6. The van der Waals surface area contributed by atoms with Crippen LogP contribution >= 0.6 is 15.9 Å². The van der Waals surface area contributed by atoms with Crippen molar-refractivity contribution < 1.29 is 13.5 Å². The minimum atomic E-state index is -3.56. The highest BCUT2D eigenvalue weighted by molar-refractivity contribution is 9.10. The molecule has 1 rings (SSSR count). The Kier molecular flexibility index (Phi) is 4.49. The lowest BCUT2D eigenvalue weighted by Crippen LogP contribution is -2.35. The van der Waals surface area contributed by atoms with Gasteiger partial charge in [-0.1, -0.05) is 22.0 Å². The van der Waals surface area contributed by atoms with E-state index in [4.69, 9.17) is 5.11 Å². The van der Waals surface area contributed by atoms with Gasteiger partial charge in [0.2, 0.25) is 10.0 Å². The lowest BCUT2D eigenvalue weighted by Gasteiger charge is -2.13. The van der Waals surface area contributed by atoms with E-state index in [9.17, 15) is 8.42 Å². The predicted molar refractivity (Wildman–Crippen MR) is 65.7 cm³/mol. The zero-order chi connectivity index (χ0) is 12.3. The Morgan fingerprint density at radius 1 is 1.50 bits per heavy atom. The van der Waals surface area contributed by atoms with Crippen molar-refractivity contribution in [3.63, 3.8) is 0 Å². The highest BCUT2D eigenvalue weighted by Crippen LogP contribution is 2.20. The number of sulfonamides is 1. The van der Waals surface area contributed by atoms with Crippen molar-refractivity contribution in [2.45, 2.75) is 24.8 Å². The molecule has 0 aliphatic heterocycles. The highest BCUT2D eigenvalue weighted by atomic mass is 79.9. The van der Waals surface area contributed by atoms with Crippen LogP contribution in [0.25, 0.3) is 0 Å². The van der Waals surface area contributed by atoms with Gasteiger partial charge in [0.15, 0.2) is 0 Å². The Morgan fingerprint density at radius 3 is 2.69 bits per heavy atom. The highest BCUT2D eigenvalue weighted by Gasteiger charge is 2.19. The number of rotatable bonds is 4. The van der Waals surface area contributed by atoms with E-state index in [1.54, 1.807) is 32.0 Å². The maximum atomic E-state index is 11.9. The van der Waals surface area contributed by atoms with Gasteiger partial charge in [0, 0.05) is 10.5 Å². The fourth-order valence-electron chi connectivity index (χ4n) is 1.23. The second kappa shape index (κ2) is 5.27. The lowest BCUT2D eigenvalue weighted by molar-refractivity contribution is 0.265. The molecule has 0 radical (unpaired) electrons. The third kappa shape index (κ3) is 3.28. The fraction of sp³-hybridized carbons (Fsp3) is 0.400. The average molecular weight is 308 g/mol. The number of benzene rings is 1.